The molecule has 0 saturated heterocycles. The number of aromatic amines is 1. The first-order chi connectivity index (χ1) is 9.13. The quantitative estimate of drug-likeness (QED) is 0.774. The van der Waals surface area contributed by atoms with Gasteiger partial charge in [0.1, 0.15) is 11.2 Å². The summed E-state index contributed by atoms with van der Waals surface area (Å²) in [4.78, 5) is 11.8. The number of phenols is 1. The second-order valence-corrected chi connectivity index (χ2v) is 5.25. The molecule has 1 heterocycles. The number of hydrogen-bond donors (Lipinski definition) is 3. The molecule has 3 N–H and O–H groups in total. The summed E-state index contributed by atoms with van der Waals surface area (Å²) in [6.07, 6.45) is 4.13. The number of carboxylic acid groups (broad SMARTS) is 1. The van der Waals surface area contributed by atoms with Gasteiger partial charge < -0.3 is 10.2 Å². The van der Waals surface area contributed by atoms with E-state index in [-0.39, 0.29) is 5.75 Å². The van der Waals surface area contributed by atoms with E-state index in [4.69, 9.17) is 0 Å². The summed E-state index contributed by atoms with van der Waals surface area (Å²) in [6.45, 7) is 0. The van der Waals surface area contributed by atoms with E-state index < -0.39 is 11.4 Å². The molecule has 1 aliphatic rings. The van der Waals surface area contributed by atoms with Crippen molar-refractivity contribution < 1.29 is 15.0 Å². The minimum Gasteiger partial charge on any atom is -0.508 e. The number of aliphatic carboxylic acids is 1. The SMILES string of the molecule is O=C(O)C1(c2[nH]nc3ccc(O)cc23)CCCCC1. The molecular formula is C14H16N2O3. The van der Waals surface area contributed by atoms with Gasteiger partial charge in [-0.2, -0.15) is 5.10 Å². The number of rotatable bonds is 2. The van der Waals surface area contributed by atoms with Crippen LogP contribution in [-0.4, -0.2) is 26.4 Å². The highest BCUT2D eigenvalue weighted by atomic mass is 16.4. The zero-order valence-corrected chi connectivity index (χ0v) is 10.5. The maximum atomic E-state index is 11.8. The van der Waals surface area contributed by atoms with Crippen LogP contribution < -0.4 is 0 Å². The standard InChI is InChI=1S/C14H16N2O3/c17-9-4-5-11-10(8-9)12(16-15-11)14(13(18)19)6-2-1-3-7-14/h4-5,8,17H,1-3,6-7H2,(H,15,16)(H,18,19). The molecule has 2 aromatic rings. The molecule has 1 aromatic heterocycles. The third kappa shape index (κ3) is 1.77. The summed E-state index contributed by atoms with van der Waals surface area (Å²) < 4.78 is 0. The highest BCUT2D eigenvalue weighted by Crippen LogP contribution is 2.42. The Morgan fingerprint density at radius 3 is 2.68 bits per heavy atom. The molecular weight excluding hydrogens is 244 g/mol. The van der Waals surface area contributed by atoms with Gasteiger partial charge in [0, 0.05) is 5.39 Å². The lowest BCUT2D eigenvalue weighted by molar-refractivity contribution is -0.145. The van der Waals surface area contributed by atoms with Gasteiger partial charge in [-0.05, 0) is 31.0 Å². The molecule has 1 saturated carbocycles. The average molecular weight is 260 g/mol. The highest BCUT2D eigenvalue weighted by Gasteiger charge is 2.43. The molecule has 1 aliphatic carbocycles. The molecule has 0 unspecified atom stereocenters. The van der Waals surface area contributed by atoms with Crippen LogP contribution in [0.4, 0.5) is 0 Å². The van der Waals surface area contributed by atoms with Crippen LogP contribution in [0.3, 0.4) is 0 Å². The van der Waals surface area contributed by atoms with Crippen molar-refractivity contribution in [1.82, 2.24) is 10.2 Å². The van der Waals surface area contributed by atoms with Crippen LogP contribution in [0.25, 0.3) is 10.9 Å². The number of benzene rings is 1. The second-order valence-electron chi connectivity index (χ2n) is 5.25. The van der Waals surface area contributed by atoms with Crippen molar-refractivity contribution in [1.29, 1.82) is 0 Å². The zero-order chi connectivity index (χ0) is 13.5. The number of aromatic hydroxyl groups is 1. The molecule has 100 valence electrons. The largest absolute Gasteiger partial charge is 0.508 e. The lowest BCUT2D eigenvalue weighted by Gasteiger charge is -2.32. The zero-order valence-electron chi connectivity index (χ0n) is 10.5. The fourth-order valence-corrected chi connectivity index (χ4v) is 3.09. The summed E-state index contributed by atoms with van der Waals surface area (Å²) in [5.41, 5.74) is 0.436. The Morgan fingerprint density at radius 1 is 1.26 bits per heavy atom. The van der Waals surface area contributed by atoms with Crippen LogP contribution in [0.5, 0.6) is 5.75 Å². The molecule has 19 heavy (non-hydrogen) atoms. The Balaban J connectivity index is 2.20. The summed E-state index contributed by atoms with van der Waals surface area (Å²) in [6, 6.07) is 4.85. The number of nitrogens with zero attached hydrogens (tertiary/aromatic N) is 1. The van der Waals surface area contributed by atoms with Crippen molar-refractivity contribution in [2.45, 2.75) is 37.5 Å². The monoisotopic (exact) mass is 260 g/mol. The number of aromatic nitrogens is 2. The Hall–Kier alpha value is -2.04. The topological polar surface area (TPSA) is 86.2 Å². The summed E-state index contributed by atoms with van der Waals surface area (Å²) in [5, 5.41) is 27.1. The molecule has 0 spiro atoms. The van der Waals surface area contributed by atoms with E-state index >= 15 is 0 Å². The number of carboxylic acids is 1. The van der Waals surface area contributed by atoms with Gasteiger partial charge in [0.2, 0.25) is 0 Å². The lowest BCUT2D eigenvalue weighted by Crippen LogP contribution is -2.38. The summed E-state index contributed by atoms with van der Waals surface area (Å²) in [7, 11) is 0. The predicted octanol–water partition coefficient (Wildman–Crippen LogP) is 2.56. The molecule has 1 aromatic carbocycles. The third-order valence-electron chi connectivity index (χ3n) is 4.13. The van der Waals surface area contributed by atoms with Crippen molar-refractivity contribution in [3.05, 3.63) is 23.9 Å². The molecule has 3 rings (SSSR count). The molecule has 1 fully saturated rings. The maximum absolute atomic E-state index is 11.8. The Bertz CT molecular complexity index is 627. The van der Waals surface area contributed by atoms with Gasteiger partial charge in [-0.25, -0.2) is 0 Å². The smallest absolute Gasteiger partial charge is 0.315 e. The van der Waals surface area contributed by atoms with E-state index in [1.54, 1.807) is 18.2 Å². The van der Waals surface area contributed by atoms with Gasteiger partial charge in [-0.15, -0.1) is 0 Å². The van der Waals surface area contributed by atoms with Gasteiger partial charge in [-0.1, -0.05) is 19.3 Å². The second kappa shape index (κ2) is 4.26. The third-order valence-corrected chi connectivity index (χ3v) is 4.13. The lowest BCUT2D eigenvalue weighted by atomic mass is 9.71. The first kappa shape index (κ1) is 12.0. The predicted molar refractivity (Wildman–Crippen MR) is 70.2 cm³/mol. The number of hydrogen-bond acceptors (Lipinski definition) is 3. The number of nitrogens with one attached hydrogen (secondary N) is 1. The van der Waals surface area contributed by atoms with Crippen LogP contribution in [0, 0.1) is 0 Å². The molecule has 0 amide bonds. The van der Waals surface area contributed by atoms with Crippen molar-refractivity contribution in [3.8, 4) is 5.75 Å². The van der Waals surface area contributed by atoms with Gasteiger partial charge in [0.25, 0.3) is 0 Å². The summed E-state index contributed by atoms with van der Waals surface area (Å²) >= 11 is 0. The van der Waals surface area contributed by atoms with Crippen molar-refractivity contribution in [2.24, 2.45) is 0 Å². The van der Waals surface area contributed by atoms with E-state index in [1.807, 2.05) is 0 Å². The van der Waals surface area contributed by atoms with E-state index in [0.717, 1.165) is 19.3 Å². The van der Waals surface area contributed by atoms with Crippen LogP contribution in [0.1, 0.15) is 37.8 Å². The molecule has 5 nitrogen and oxygen atoms in total. The minimum atomic E-state index is -0.888. The minimum absolute atomic E-state index is 0.131. The first-order valence-corrected chi connectivity index (χ1v) is 6.54. The van der Waals surface area contributed by atoms with Crippen molar-refractivity contribution >= 4 is 16.9 Å². The molecule has 0 atom stereocenters. The van der Waals surface area contributed by atoms with Crippen LogP contribution in [0.15, 0.2) is 18.2 Å². The first-order valence-electron chi connectivity index (χ1n) is 6.54. The van der Waals surface area contributed by atoms with Crippen LogP contribution >= 0.6 is 0 Å². The van der Waals surface area contributed by atoms with Crippen molar-refractivity contribution in [2.75, 3.05) is 0 Å². The fraction of sp³-hybridized carbons (Fsp3) is 0.429. The molecule has 5 heteroatoms. The summed E-state index contributed by atoms with van der Waals surface area (Å²) in [5.74, 6) is -0.674. The van der Waals surface area contributed by atoms with E-state index in [9.17, 15) is 15.0 Å². The van der Waals surface area contributed by atoms with E-state index in [0.29, 0.717) is 29.4 Å². The van der Waals surface area contributed by atoms with Crippen LogP contribution in [-0.2, 0) is 10.2 Å². The van der Waals surface area contributed by atoms with Gasteiger partial charge in [0.05, 0.1) is 11.2 Å². The number of carbonyl (C=O) groups is 1. The van der Waals surface area contributed by atoms with E-state index in [2.05, 4.69) is 10.2 Å². The number of H-pyrrole nitrogens is 1. The van der Waals surface area contributed by atoms with Crippen molar-refractivity contribution in [3.63, 3.8) is 0 Å². The average Bonchev–Trinajstić information content (AvgIpc) is 2.82. The number of phenolic OH excluding ortho intramolecular Hbond substituents is 1. The maximum Gasteiger partial charge on any atom is 0.315 e. The van der Waals surface area contributed by atoms with E-state index in [1.165, 1.54) is 0 Å². The van der Waals surface area contributed by atoms with Crippen LogP contribution in [0.2, 0.25) is 0 Å². The Kier molecular flexibility index (Phi) is 2.69. The molecule has 0 aliphatic heterocycles. The normalized spacial score (nSPS) is 18.5. The Morgan fingerprint density at radius 2 is 2.00 bits per heavy atom. The number of fused-ring (bicyclic) bond motifs is 1. The van der Waals surface area contributed by atoms with Gasteiger partial charge >= 0.3 is 5.97 Å². The molecule has 0 radical (unpaired) electrons. The van der Waals surface area contributed by atoms with Gasteiger partial charge in [0.15, 0.2) is 0 Å². The highest BCUT2D eigenvalue weighted by molar-refractivity contribution is 5.91. The fourth-order valence-electron chi connectivity index (χ4n) is 3.09. The molecule has 0 bridgehead atoms. The van der Waals surface area contributed by atoms with Gasteiger partial charge in [-0.3, -0.25) is 9.89 Å². The Labute approximate surface area is 110 Å².